The Morgan fingerprint density at radius 2 is 1.35 bits per heavy atom. The van der Waals surface area contributed by atoms with Gasteiger partial charge in [0.15, 0.2) is 0 Å². The molecule has 13 nitrogen and oxygen atoms in total. The van der Waals surface area contributed by atoms with Crippen molar-refractivity contribution in [3.63, 3.8) is 0 Å². The Bertz CT molecular complexity index is 1780. The molecule has 1 saturated heterocycles. The minimum Gasteiger partial charge on any atom is -0.397 e. The van der Waals surface area contributed by atoms with E-state index in [-0.39, 0.29) is 30.1 Å². The van der Waals surface area contributed by atoms with Crippen LogP contribution in [0.1, 0.15) is 67.9 Å². The molecule has 2 aromatic heterocycles. The van der Waals surface area contributed by atoms with Gasteiger partial charge in [-0.3, -0.25) is 9.59 Å². The highest BCUT2D eigenvalue weighted by atomic mass is 16.5. The van der Waals surface area contributed by atoms with Gasteiger partial charge in [-0.15, -0.1) is 0 Å². The van der Waals surface area contributed by atoms with Crippen LogP contribution >= 0.6 is 0 Å². The van der Waals surface area contributed by atoms with Crippen molar-refractivity contribution < 1.29 is 28.8 Å². The van der Waals surface area contributed by atoms with Crippen molar-refractivity contribution in [2.75, 3.05) is 21.7 Å². The van der Waals surface area contributed by atoms with Gasteiger partial charge in [-0.2, -0.15) is 0 Å². The molecule has 3 heterocycles. The van der Waals surface area contributed by atoms with E-state index in [2.05, 4.69) is 31.6 Å². The molecule has 0 spiro atoms. The summed E-state index contributed by atoms with van der Waals surface area (Å²) in [6, 6.07) is 11.6. The van der Waals surface area contributed by atoms with Crippen molar-refractivity contribution in [3.8, 4) is 22.3 Å². The first-order chi connectivity index (χ1) is 23.4. The number of rotatable bonds is 8. The van der Waals surface area contributed by atoms with E-state index in [9.17, 15) is 19.8 Å². The minimum atomic E-state index is -0.530. The van der Waals surface area contributed by atoms with Crippen molar-refractivity contribution in [2.24, 2.45) is 0 Å². The Hall–Kier alpha value is -4.88. The normalized spacial score (nSPS) is 22.9. The van der Waals surface area contributed by atoms with Gasteiger partial charge >= 0.3 is 0 Å². The van der Waals surface area contributed by atoms with Gasteiger partial charge < -0.3 is 46.3 Å². The summed E-state index contributed by atoms with van der Waals surface area (Å²) in [7, 11) is 0. The first kappa shape index (κ1) is 34.0. The molecule has 49 heavy (non-hydrogen) atoms. The van der Waals surface area contributed by atoms with E-state index in [4.69, 9.17) is 14.8 Å². The monoisotopic (exact) mass is 671 g/mol. The van der Waals surface area contributed by atoms with Gasteiger partial charge in [-0.05, 0) is 102 Å². The molecule has 1 atom stereocenters. The summed E-state index contributed by atoms with van der Waals surface area (Å²) in [5, 5.41) is 39.3. The summed E-state index contributed by atoms with van der Waals surface area (Å²) < 4.78 is 10.5. The summed E-state index contributed by atoms with van der Waals surface area (Å²) in [4.78, 5) is 24.5. The van der Waals surface area contributed by atoms with Crippen LogP contribution in [-0.2, 0) is 9.59 Å². The second-order valence-corrected chi connectivity index (χ2v) is 13.4. The molecule has 0 unspecified atom stereocenters. The van der Waals surface area contributed by atoms with Crippen LogP contribution in [0.5, 0.6) is 0 Å². The fourth-order valence-corrected chi connectivity index (χ4v) is 6.64. The largest absolute Gasteiger partial charge is 0.397 e. The van der Waals surface area contributed by atoms with Crippen molar-refractivity contribution in [2.45, 2.75) is 103 Å². The van der Waals surface area contributed by atoms with Crippen LogP contribution in [0.3, 0.4) is 0 Å². The third kappa shape index (κ3) is 7.73. The number of aryl methyl sites for hydroxylation is 4. The highest BCUT2D eigenvalue weighted by Crippen LogP contribution is 2.36. The van der Waals surface area contributed by atoms with E-state index in [0.29, 0.717) is 55.3 Å². The SMILES string of the molecule is Cc1noc(C)c1-c1ccc(NC2CC(O)C2)c(N)c1.Cc1noc(C)c1-c1ccc(NC2CC(O)C2)c(NC(=O)[C@@H]2CCCC(=O)N2)c1. The van der Waals surface area contributed by atoms with Gasteiger partial charge in [-0.25, -0.2) is 0 Å². The van der Waals surface area contributed by atoms with E-state index in [0.717, 1.165) is 63.6 Å². The van der Waals surface area contributed by atoms with E-state index in [1.807, 2.05) is 64.1 Å². The van der Waals surface area contributed by atoms with Crippen LogP contribution in [0.15, 0.2) is 45.4 Å². The average Bonchev–Trinajstić information content (AvgIpc) is 3.56. The first-order valence-corrected chi connectivity index (χ1v) is 16.8. The third-order valence-electron chi connectivity index (χ3n) is 9.47. The number of hydrogen-bond acceptors (Lipinski definition) is 11. The molecule has 13 heteroatoms. The second-order valence-electron chi connectivity index (χ2n) is 13.4. The number of benzene rings is 2. The zero-order valence-corrected chi connectivity index (χ0v) is 28.3. The molecule has 1 aliphatic heterocycles. The Kier molecular flexibility index (Phi) is 9.93. The fourth-order valence-electron chi connectivity index (χ4n) is 6.64. The Balaban J connectivity index is 0.000000182. The summed E-state index contributed by atoms with van der Waals surface area (Å²) in [6.45, 7) is 7.55. The Morgan fingerprint density at radius 1 is 0.816 bits per heavy atom. The lowest BCUT2D eigenvalue weighted by molar-refractivity contribution is -0.128. The van der Waals surface area contributed by atoms with Gasteiger partial charge in [0, 0.05) is 29.6 Å². The number of nitrogens with one attached hydrogen (secondary N) is 4. The number of amides is 2. The standard InChI is InChI=1S/C21H26N4O4.C15H19N3O2/c1-11-20(12(2)29-25-11)13-6-7-16(22-14-9-15(26)10-14)18(8-13)24-21(28)17-4-3-5-19(27)23-17;1-8-15(9(2)20-18-8)10-3-4-14(13(16)5-10)17-11-6-12(19)7-11/h6-8,14-15,17,22,26H,3-5,9-10H2,1-2H3,(H,23,27)(H,24,28);3-5,11-12,17,19H,6-7,16H2,1-2H3/t14?,15?,17-;/m0./s1. The van der Waals surface area contributed by atoms with Crippen molar-refractivity contribution in [1.29, 1.82) is 0 Å². The van der Waals surface area contributed by atoms with Crippen LogP contribution in [0.4, 0.5) is 22.7 Å². The first-order valence-electron chi connectivity index (χ1n) is 16.8. The number of nitrogen functional groups attached to an aromatic ring is 1. The van der Waals surface area contributed by atoms with E-state index in [1.54, 1.807) is 0 Å². The molecular formula is C36H45N7O6. The molecule has 2 aromatic carbocycles. The van der Waals surface area contributed by atoms with Crippen LogP contribution in [0.2, 0.25) is 0 Å². The third-order valence-corrected chi connectivity index (χ3v) is 9.47. The summed E-state index contributed by atoms with van der Waals surface area (Å²) >= 11 is 0. The molecule has 260 valence electrons. The number of aromatic nitrogens is 2. The number of piperidine rings is 1. The number of aliphatic hydroxyl groups is 2. The summed E-state index contributed by atoms with van der Waals surface area (Å²) in [5.41, 5.74) is 14.6. The number of anilines is 4. The van der Waals surface area contributed by atoms with Crippen molar-refractivity contribution >= 4 is 34.6 Å². The van der Waals surface area contributed by atoms with Crippen LogP contribution in [-0.4, -0.2) is 62.7 Å². The molecule has 0 bridgehead atoms. The number of nitrogens with two attached hydrogens (primary N) is 1. The molecular weight excluding hydrogens is 626 g/mol. The Morgan fingerprint density at radius 3 is 1.84 bits per heavy atom. The molecule has 2 saturated carbocycles. The number of carbonyl (C=O) groups excluding carboxylic acids is 2. The lowest BCUT2D eigenvalue weighted by Gasteiger charge is -2.33. The van der Waals surface area contributed by atoms with Gasteiger partial charge in [0.1, 0.15) is 17.6 Å². The van der Waals surface area contributed by atoms with E-state index < -0.39 is 6.04 Å². The van der Waals surface area contributed by atoms with Crippen molar-refractivity contribution in [3.05, 3.63) is 59.3 Å². The van der Waals surface area contributed by atoms with E-state index in [1.165, 1.54) is 0 Å². The average molecular weight is 672 g/mol. The van der Waals surface area contributed by atoms with Crippen LogP contribution in [0, 0.1) is 27.7 Å². The fraction of sp³-hybridized carbons (Fsp3) is 0.444. The van der Waals surface area contributed by atoms with Crippen molar-refractivity contribution in [1.82, 2.24) is 15.6 Å². The quantitative estimate of drug-likeness (QED) is 0.125. The zero-order valence-electron chi connectivity index (χ0n) is 28.3. The van der Waals surface area contributed by atoms with Crippen LogP contribution < -0.4 is 27.0 Å². The second kappa shape index (κ2) is 14.3. The maximum atomic E-state index is 12.8. The molecule has 8 N–H and O–H groups in total. The van der Waals surface area contributed by atoms with Gasteiger partial charge in [0.25, 0.3) is 0 Å². The number of carbonyl (C=O) groups is 2. The van der Waals surface area contributed by atoms with Gasteiger partial charge in [0.05, 0.1) is 46.3 Å². The lowest BCUT2D eigenvalue weighted by Crippen LogP contribution is -2.46. The lowest BCUT2D eigenvalue weighted by atomic mass is 9.89. The summed E-state index contributed by atoms with van der Waals surface area (Å²) in [5.74, 6) is 1.18. The van der Waals surface area contributed by atoms with Gasteiger partial charge in [0.2, 0.25) is 11.8 Å². The van der Waals surface area contributed by atoms with Crippen LogP contribution in [0.25, 0.3) is 22.3 Å². The smallest absolute Gasteiger partial charge is 0.247 e. The molecule has 3 aliphatic rings. The maximum absolute atomic E-state index is 12.8. The number of nitrogens with zero attached hydrogens (tertiary/aromatic N) is 2. The molecule has 0 radical (unpaired) electrons. The molecule has 4 aromatic rings. The minimum absolute atomic E-state index is 0.0947. The maximum Gasteiger partial charge on any atom is 0.247 e. The molecule has 2 amide bonds. The number of aliphatic hydroxyl groups excluding tert-OH is 2. The molecule has 2 aliphatic carbocycles. The molecule has 7 rings (SSSR count). The Labute approximate surface area is 285 Å². The van der Waals surface area contributed by atoms with Gasteiger partial charge in [-0.1, -0.05) is 22.4 Å². The highest BCUT2D eigenvalue weighted by molar-refractivity contribution is 6.00. The predicted octanol–water partition coefficient (Wildman–Crippen LogP) is 4.98. The predicted molar refractivity (Wildman–Crippen MR) is 187 cm³/mol. The number of hydrogen-bond donors (Lipinski definition) is 7. The van der Waals surface area contributed by atoms with E-state index >= 15 is 0 Å². The zero-order chi connectivity index (χ0) is 34.8. The molecule has 3 fully saturated rings. The summed E-state index contributed by atoms with van der Waals surface area (Å²) in [6.07, 6.45) is 4.26. The highest BCUT2D eigenvalue weighted by Gasteiger charge is 2.30. The topological polar surface area (TPSA) is 201 Å².